The number of nitrogens with zero attached hydrogens (tertiary/aromatic N) is 2. The number of rotatable bonds is 5. The molecule has 0 bridgehead atoms. The van der Waals surface area contributed by atoms with E-state index in [1.54, 1.807) is 11.9 Å². The van der Waals surface area contributed by atoms with E-state index in [0.717, 1.165) is 25.7 Å². The zero-order valence-electron chi connectivity index (χ0n) is 18.7. The number of likely N-dealkylation sites (N-methyl/N-ethyl adjacent to an activating group) is 1. The van der Waals surface area contributed by atoms with E-state index in [-0.39, 0.29) is 55.2 Å². The minimum atomic E-state index is -0.996. The largest absolute Gasteiger partial charge is 0.481 e. The number of nitrogens with one attached hydrogen (secondary N) is 3. The van der Waals surface area contributed by atoms with Crippen LogP contribution in [0.5, 0.6) is 0 Å². The number of amides is 3. The van der Waals surface area contributed by atoms with Crippen LogP contribution in [-0.4, -0.2) is 83.4 Å². The maximum absolute atomic E-state index is 13.2. The van der Waals surface area contributed by atoms with Gasteiger partial charge in [-0.05, 0) is 38.0 Å². The molecule has 4 N–H and O–H groups in total. The van der Waals surface area contributed by atoms with Crippen LogP contribution in [0.15, 0.2) is 0 Å². The molecule has 6 unspecified atom stereocenters. The van der Waals surface area contributed by atoms with Crippen LogP contribution < -0.4 is 16.2 Å². The zero-order valence-corrected chi connectivity index (χ0v) is 18.7. The predicted octanol–water partition coefficient (Wildman–Crippen LogP) is -0.302. The lowest BCUT2D eigenvalue weighted by Gasteiger charge is -2.43. The van der Waals surface area contributed by atoms with E-state index >= 15 is 0 Å². The first-order chi connectivity index (χ1) is 15.3. The highest BCUT2D eigenvalue weighted by Gasteiger charge is 2.45. The molecule has 2 aliphatic carbocycles. The van der Waals surface area contributed by atoms with Crippen molar-refractivity contribution in [2.45, 2.75) is 69.5 Å². The molecule has 2 aliphatic heterocycles. The zero-order chi connectivity index (χ0) is 22.8. The minimum Gasteiger partial charge on any atom is -0.481 e. The van der Waals surface area contributed by atoms with Crippen molar-refractivity contribution in [2.75, 3.05) is 26.7 Å². The summed E-state index contributed by atoms with van der Waals surface area (Å²) in [6.07, 6.45) is 6.12. The van der Waals surface area contributed by atoms with E-state index in [1.807, 2.05) is 0 Å². The number of carboxylic acids is 1. The maximum atomic E-state index is 13.2. The molecule has 2 saturated heterocycles. The SMILES string of the molecule is CN1C(=O)CN(CCC(=O)O)C(=O)C2CC(NC(=O)C3CNNC4CCCCC43)CCC21. The van der Waals surface area contributed by atoms with Gasteiger partial charge in [0.2, 0.25) is 17.7 Å². The summed E-state index contributed by atoms with van der Waals surface area (Å²) in [7, 11) is 1.72. The molecule has 0 aromatic heterocycles. The van der Waals surface area contributed by atoms with Crippen LogP contribution in [-0.2, 0) is 19.2 Å². The summed E-state index contributed by atoms with van der Waals surface area (Å²) in [5.41, 5.74) is 6.52. The van der Waals surface area contributed by atoms with Crippen LogP contribution >= 0.6 is 0 Å². The number of aliphatic carboxylic acids is 1. The number of hydrogen-bond acceptors (Lipinski definition) is 6. The number of carbonyl (C=O) groups is 4. The fourth-order valence-corrected chi connectivity index (χ4v) is 6.07. The number of fused-ring (bicyclic) bond motifs is 2. The van der Waals surface area contributed by atoms with E-state index in [4.69, 9.17) is 5.11 Å². The van der Waals surface area contributed by atoms with Crippen LogP contribution in [0.4, 0.5) is 0 Å². The molecule has 178 valence electrons. The van der Waals surface area contributed by atoms with Gasteiger partial charge in [-0.1, -0.05) is 12.8 Å². The van der Waals surface area contributed by atoms with Crippen molar-refractivity contribution in [3.05, 3.63) is 0 Å². The summed E-state index contributed by atoms with van der Waals surface area (Å²) in [5.74, 6) is -1.46. The summed E-state index contributed by atoms with van der Waals surface area (Å²) >= 11 is 0. The van der Waals surface area contributed by atoms with E-state index < -0.39 is 11.9 Å². The number of carbonyl (C=O) groups excluding carboxylic acids is 3. The van der Waals surface area contributed by atoms with Gasteiger partial charge >= 0.3 is 5.97 Å². The van der Waals surface area contributed by atoms with Gasteiger partial charge in [-0.25, -0.2) is 0 Å². The van der Waals surface area contributed by atoms with Crippen molar-refractivity contribution in [3.63, 3.8) is 0 Å². The fraction of sp³-hybridized carbons (Fsp3) is 0.818. The molecule has 32 heavy (non-hydrogen) atoms. The number of hydrogen-bond donors (Lipinski definition) is 4. The fourth-order valence-electron chi connectivity index (χ4n) is 6.07. The summed E-state index contributed by atoms with van der Waals surface area (Å²) in [6, 6.07) is 0.00341. The highest BCUT2D eigenvalue weighted by molar-refractivity contribution is 5.89. The Bertz CT molecular complexity index is 759. The molecule has 4 fully saturated rings. The van der Waals surface area contributed by atoms with Gasteiger partial charge in [-0.3, -0.25) is 30.0 Å². The summed E-state index contributed by atoms with van der Waals surface area (Å²) in [5, 5.41) is 12.2. The van der Waals surface area contributed by atoms with Crippen molar-refractivity contribution in [3.8, 4) is 0 Å². The van der Waals surface area contributed by atoms with Crippen molar-refractivity contribution in [2.24, 2.45) is 17.8 Å². The summed E-state index contributed by atoms with van der Waals surface area (Å²) in [6.45, 7) is 0.541. The molecule has 3 amide bonds. The molecule has 6 atom stereocenters. The third-order valence-electron chi connectivity index (χ3n) is 7.88. The first kappa shape index (κ1) is 23.0. The second-order valence-electron chi connectivity index (χ2n) is 9.79. The van der Waals surface area contributed by atoms with Gasteiger partial charge in [-0.2, -0.15) is 0 Å². The van der Waals surface area contributed by atoms with Gasteiger partial charge in [0.05, 0.1) is 24.8 Å². The molecule has 4 rings (SSSR count). The lowest BCUT2D eigenvalue weighted by atomic mass is 9.74. The third kappa shape index (κ3) is 4.76. The van der Waals surface area contributed by atoms with Crippen LogP contribution in [0, 0.1) is 17.8 Å². The molecule has 0 spiro atoms. The minimum absolute atomic E-state index is 0.0256. The Kier molecular flexibility index (Phi) is 6.99. The molecule has 10 heteroatoms. The van der Waals surface area contributed by atoms with Gasteiger partial charge in [0, 0.05) is 38.3 Å². The van der Waals surface area contributed by atoms with Crippen molar-refractivity contribution in [1.82, 2.24) is 26.0 Å². The quantitative estimate of drug-likeness (QED) is 0.453. The van der Waals surface area contributed by atoms with Gasteiger partial charge in [0.25, 0.3) is 0 Å². The lowest BCUT2D eigenvalue weighted by molar-refractivity contribution is -0.141. The number of carboxylic acid groups (broad SMARTS) is 1. The lowest BCUT2D eigenvalue weighted by Crippen LogP contribution is -2.60. The Hall–Kier alpha value is -2.20. The second-order valence-corrected chi connectivity index (χ2v) is 9.79. The van der Waals surface area contributed by atoms with Crippen LogP contribution in [0.2, 0.25) is 0 Å². The van der Waals surface area contributed by atoms with E-state index in [0.29, 0.717) is 31.3 Å². The molecular formula is C22H35N5O5. The Morgan fingerprint density at radius 3 is 2.72 bits per heavy atom. The van der Waals surface area contributed by atoms with E-state index in [9.17, 15) is 19.2 Å². The highest BCUT2D eigenvalue weighted by atomic mass is 16.4. The summed E-state index contributed by atoms with van der Waals surface area (Å²) in [4.78, 5) is 53.0. The predicted molar refractivity (Wildman–Crippen MR) is 115 cm³/mol. The Morgan fingerprint density at radius 2 is 1.94 bits per heavy atom. The standard InChI is InChI=1S/C22H35N5O5/c1-26-18-7-6-13(10-15(18)22(32)27(12-19(26)28)9-8-20(29)30)24-21(31)16-11-23-25-17-5-3-2-4-14(16)17/h13-18,23,25H,2-12H2,1H3,(H,24,31)(H,29,30). The Balaban J connectivity index is 1.42. The molecule has 0 aromatic rings. The average molecular weight is 450 g/mol. The van der Waals surface area contributed by atoms with Gasteiger partial charge < -0.3 is 20.2 Å². The highest BCUT2D eigenvalue weighted by Crippen LogP contribution is 2.34. The smallest absolute Gasteiger partial charge is 0.305 e. The van der Waals surface area contributed by atoms with Gasteiger partial charge in [0.15, 0.2) is 0 Å². The molecule has 2 heterocycles. The third-order valence-corrected chi connectivity index (χ3v) is 7.88. The second kappa shape index (κ2) is 9.74. The van der Waals surface area contributed by atoms with Gasteiger partial charge in [0.1, 0.15) is 0 Å². The topological polar surface area (TPSA) is 131 Å². The molecule has 10 nitrogen and oxygen atoms in total. The first-order valence-corrected chi connectivity index (χ1v) is 11.9. The van der Waals surface area contributed by atoms with Gasteiger partial charge in [-0.15, -0.1) is 0 Å². The average Bonchev–Trinajstić information content (AvgIpc) is 2.87. The normalized spacial score (nSPS) is 35.5. The first-order valence-electron chi connectivity index (χ1n) is 11.9. The maximum Gasteiger partial charge on any atom is 0.305 e. The Morgan fingerprint density at radius 1 is 1.16 bits per heavy atom. The summed E-state index contributed by atoms with van der Waals surface area (Å²) < 4.78 is 0. The van der Waals surface area contributed by atoms with Crippen LogP contribution in [0.3, 0.4) is 0 Å². The molecule has 0 radical (unpaired) electrons. The molecular weight excluding hydrogens is 414 g/mol. The molecule has 4 aliphatic rings. The number of hydrazine groups is 1. The van der Waals surface area contributed by atoms with E-state index in [1.165, 1.54) is 11.3 Å². The Labute approximate surface area is 188 Å². The molecule has 2 saturated carbocycles. The van der Waals surface area contributed by atoms with Crippen molar-refractivity contribution in [1.29, 1.82) is 0 Å². The monoisotopic (exact) mass is 449 g/mol. The molecule has 0 aromatic carbocycles. The van der Waals surface area contributed by atoms with Crippen LogP contribution in [0.25, 0.3) is 0 Å². The van der Waals surface area contributed by atoms with Crippen molar-refractivity contribution >= 4 is 23.7 Å². The van der Waals surface area contributed by atoms with Crippen molar-refractivity contribution < 1.29 is 24.3 Å². The van der Waals surface area contributed by atoms with E-state index in [2.05, 4.69) is 16.2 Å². The van der Waals surface area contributed by atoms with Crippen LogP contribution in [0.1, 0.15) is 51.4 Å².